The van der Waals surface area contributed by atoms with E-state index in [2.05, 4.69) is 47.6 Å². The molecule has 2 aliphatic heterocycles. The molecule has 14 nitrogen and oxygen atoms in total. The third kappa shape index (κ3) is 7.26. The lowest BCUT2D eigenvalue weighted by Gasteiger charge is -2.67. The fourth-order valence-corrected chi connectivity index (χ4v) is 12.6. The van der Waals surface area contributed by atoms with Crippen LogP contribution in [0.1, 0.15) is 107 Å². The zero-order valence-corrected chi connectivity index (χ0v) is 34.6. The van der Waals surface area contributed by atoms with Crippen molar-refractivity contribution in [3.63, 3.8) is 0 Å². The third-order valence-electron chi connectivity index (χ3n) is 16.6. The van der Waals surface area contributed by atoms with Gasteiger partial charge in [-0.3, -0.25) is 0 Å². The molecule has 6 aliphatic rings. The summed E-state index contributed by atoms with van der Waals surface area (Å²) in [5.41, 5.74) is -0.848. The fraction of sp³-hybridized carbons (Fsp3) is 0.952. The van der Waals surface area contributed by atoms with Gasteiger partial charge in [-0.05, 0) is 99.7 Å². The first-order chi connectivity index (χ1) is 25.9. The van der Waals surface area contributed by atoms with Gasteiger partial charge in [0, 0.05) is 10.8 Å². The third-order valence-corrected chi connectivity index (χ3v) is 16.6. The van der Waals surface area contributed by atoms with E-state index in [-0.39, 0.29) is 45.5 Å². The van der Waals surface area contributed by atoms with Gasteiger partial charge in [0.2, 0.25) is 0 Å². The average molecular weight is 801 g/mol. The quantitative estimate of drug-likeness (QED) is 0.132. The predicted octanol–water partition coefficient (Wildman–Crippen LogP) is 1.12. The first-order valence-electron chi connectivity index (χ1n) is 21.0. The van der Waals surface area contributed by atoms with Gasteiger partial charge >= 0.3 is 0 Å². The topological polar surface area (TPSA) is 239 Å². The molecule has 14 heteroatoms. The Morgan fingerprint density at radius 3 is 2.00 bits per heavy atom. The number of fused-ring (bicyclic) bond motifs is 5. The number of allylic oxidation sites excluding steroid dienone is 1. The van der Waals surface area contributed by atoms with Gasteiger partial charge in [-0.1, -0.05) is 53.2 Å². The number of rotatable bonds is 11. The van der Waals surface area contributed by atoms with Crippen LogP contribution in [-0.4, -0.2) is 150 Å². The minimum Gasteiger partial charge on any atom is -0.394 e. The molecule has 6 rings (SSSR count). The van der Waals surface area contributed by atoms with Crippen LogP contribution in [0, 0.1) is 45.3 Å². The van der Waals surface area contributed by atoms with Crippen molar-refractivity contribution < 1.29 is 70.0 Å². The molecular formula is C42H72O14. The van der Waals surface area contributed by atoms with Crippen LogP contribution in [0.2, 0.25) is 0 Å². The minimum atomic E-state index is -1.71. The molecule has 3 saturated carbocycles. The second-order valence-electron chi connectivity index (χ2n) is 20.3. The maximum atomic E-state index is 12.3. The maximum Gasteiger partial charge on any atom is 0.187 e. The van der Waals surface area contributed by atoms with Crippen molar-refractivity contribution in [2.45, 2.75) is 192 Å². The van der Waals surface area contributed by atoms with Crippen molar-refractivity contribution in [3.05, 3.63) is 11.6 Å². The van der Waals surface area contributed by atoms with Crippen LogP contribution in [0.5, 0.6) is 0 Å². The van der Waals surface area contributed by atoms with E-state index < -0.39 is 92.4 Å². The zero-order chi connectivity index (χ0) is 41.5. The Morgan fingerprint density at radius 2 is 1.38 bits per heavy atom. The lowest BCUT2D eigenvalue weighted by atomic mass is 9.38. The van der Waals surface area contributed by atoms with Crippen LogP contribution in [0.15, 0.2) is 11.6 Å². The van der Waals surface area contributed by atoms with Crippen molar-refractivity contribution in [1.29, 1.82) is 0 Å². The van der Waals surface area contributed by atoms with Crippen molar-refractivity contribution in [2.75, 3.05) is 13.2 Å². The molecule has 5 fully saturated rings. The van der Waals surface area contributed by atoms with Gasteiger partial charge in [0.25, 0.3) is 0 Å². The lowest BCUT2D eigenvalue weighted by Crippen LogP contribution is -2.64. The van der Waals surface area contributed by atoms with Crippen molar-refractivity contribution in [2.24, 2.45) is 45.3 Å². The van der Waals surface area contributed by atoms with Crippen LogP contribution < -0.4 is 0 Å². The molecule has 0 amide bonds. The summed E-state index contributed by atoms with van der Waals surface area (Å²) in [7, 11) is 0. The largest absolute Gasteiger partial charge is 0.394 e. The first kappa shape index (κ1) is 44.7. The second-order valence-corrected chi connectivity index (χ2v) is 20.3. The van der Waals surface area contributed by atoms with Gasteiger partial charge in [0.05, 0.1) is 37.1 Å². The monoisotopic (exact) mass is 800 g/mol. The molecule has 20 atom stereocenters. The Balaban J connectivity index is 1.13. The molecule has 0 radical (unpaired) electrons. The molecule has 0 spiro atoms. The highest BCUT2D eigenvalue weighted by Gasteiger charge is 2.70. The van der Waals surface area contributed by atoms with Gasteiger partial charge < -0.3 is 70.0 Å². The molecule has 0 aromatic carbocycles. The number of aliphatic hydroxyl groups is 10. The smallest absolute Gasteiger partial charge is 0.187 e. The lowest BCUT2D eigenvalue weighted by molar-refractivity contribution is -0.341. The molecular weight excluding hydrogens is 728 g/mol. The molecule has 0 aromatic rings. The molecule has 56 heavy (non-hydrogen) atoms. The maximum absolute atomic E-state index is 12.3. The van der Waals surface area contributed by atoms with E-state index >= 15 is 0 Å². The average Bonchev–Trinajstić information content (AvgIpc) is 3.40. The Labute approximate surface area is 331 Å². The number of ether oxygens (including phenoxy) is 4. The van der Waals surface area contributed by atoms with Crippen LogP contribution in [0.25, 0.3) is 0 Å². The molecule has 0 unspecified atom stereocenters. The SMILES string of the molecule is C[C@H](CC[C@@H](O[C@@H]1O[C@H](CO[C@@H]2O[C@H](CO)[C@@H](O)[C@H](O)[C@H]2O)[C@@H](O)[C@H](O)[C@H]1O)C(C)(C)O)[C@H]1CC[C@@]2(C)[C@H]3CC=C4[C@@H](CC[C@H](O)C4(C)C)[C@]3(C)[C@H](O)C[C@]12C. The summed E-state index contributed by atoms with van der Waals surface area (Å²) < 4.78 is 23.1. The summed E-state index contributed by atoms with van der Waals surface area (Å²) >= 11 is 0. The highest BCUT2D eigenvalue weighted by atomic mass is 16.7. The number of hydrogen-bond acceptors (Lipinski definition) is 14. The Morgan fingerprint density at radius 1 is 0.768 bits per heavy atom. The molecule has 0 aromatic heterocycles. The fourth-order valence-electron chi connectivity index (χ4n) is 12.6. The van der Waals surface area contributed by atoms with Gasteiger partial charge in [0.1, 0.15) is 48.8 Å². The van der Waals surface area contributed by atoms with E-state index in [1.165, 1.54) is 5.57 Å². The molecule has 324 valence electrons. The number of aliphatic hydroxyl groups excluding tert-OH is 9. The van der Waals surface area contributed by atoms with E-state index in [1.54, 1.807) is 13.8 Å². The van der Waals surface area contributed by atoms with Crippen molar-refractivity contribution in [1.82, 2.24) is 0 Å². The Kier molecular flexibility index (Phi) is 12.7. The van der Waals surface area contributed by atoms with Crippen molar-refractivity contribution in [3.8, 4) is 0 Å². The van der Waals surface area contributed by atoms with E-state index in [0.717, 1.165) is 32.1 Å². The summed E-state index contributed by atoms with van der Waals surface area (Å²) in [5, 5.41) is 107. The van der Waals surface area contributed by atoms with Crippen LogP contribution in [-0.2, 0) is 18.9 Å². The van der Waals surface area contributed by atoms with E-state index in [9.17, 15) is 51.1 Å². The highest BCUT2D eigenvalue weighted by molar-refractivity contribution is 5.31. The van der Waals surface area contributed by atoms with Crippen LogP contribution in [0.3, 0.4) is 0 Å². The van der Waals surface area contributed by atoms with E-state index in [0.29, 0.717) is 25.2 Å². The summed E-state index contributed by atoms with van der Waals surface area (Å²) in [5.74, 6) is 1.00. The van der Waals surface area contributed by atoms with Crippen LogP contribution in [0.4, 0.5) is 0 Å². The van der Waals surface area contributed by atoms with E-state index in [1.807, 2.05) is 0 Å². The van der Waals surface area contributed by atoms with Gasteiger partial charge in [0.15, 0.2) is 12.6 Å². The summed E-state index contributed by atoms with van der Waals surface area (Å²) in [6, 6.07) is 0. The van der Waals surface area contributed by atoms with Crippen LogP contribution >= 0.6 is 0 Å². The van der Waals surface area contributed by atoms with Gasteiger partial charge in [-0.15, -0.1) is 0 Å². The predicted molar refractivity (Wildman–Crippen MR) is 202 cm³/mol. The summed E-state index contributed by atoms with van der Waals surface area (Å²) in [6.45, 7) is 15.7. The van der Waals surface area contributed by atoms with Gasteiger partial charge in [-0.25, -0.2) is 0 Å². The standard InChI is InChI=1S/C42H72O14/c1-20(21-15-16-40(6)26-12-10-22-23(11-13-27(44)38(22,2)3)42(26,8)28(45)17-41(21,40)7)9-14-29(39(4,5)52)56-37-35(51)33(49)31(47)25(55-37)19-53-36-34(50)32(48)30(46)24(18-43)54-36/h10,20-21,23-37,43-52H,9,11-19H2,1-8H3/t20-,21-,23-,24-,25-,26-,27+,28-,29-,30-,31-,32+,33+,34-,35-,36-,37+,40+,41-,42+/m1/s1. The summed E-state index contributed by atoms with van der Waals surface area (Å²) in [6.07, 6.45) is -8.48. The molecule has 2 heterocycles. The Bertz CT molecular complexity index is 1400. The molecule has 10 N–H and O–H groups in total. The summed E-state index contributed by atoms with van der Waals surface area (Å²) in [4.78, 5) is 0. The molecule has 0 bridgehead atoms. The minimum absolute atomic E-state index is 0.0159. The zero-order valence-electron chi connectivity index (χ0n) is 34.6. The normalized spacial score (nSPS) is 50.3. The van der Waals surface area contributed by atoms with E-state index in [4.69, 9.17) is 18.9 Å². The molecule has 4 aliphatic carbocycles. The first-order valence-corrected chi connectivity index (χ1v) is 21.0. The molecule has 2 saturated heterocycles. The Hall–Kier alpha value is -0.820. The number of hydrogen-bond donors (Lipinski definition) is 10. The van der Waals surface area contributed by atoms with Crippen molar-refractivity contribution >= 4 is 0 Å². The highest BCUT2D eigenvalue weighted by Crippen LogP contribution is 2.75. The second kappa shape index (κ2) is 15.9. The van der Waals surface area contributed by atoms with Gasteiger partial charge in [-0.2, -0.15) is 0 Å².